The lowest BCUT2D eigenvalue weighted by Gasteiger charge is -2.11. The van der Waals surface area contributed by atoms with E-state index in [1.54, 1.807) is 50.0 Å². The molecule has 2 heterocycles. The maximum Gasteiger partial charge on any atom is 0.262 e. The topological polar surface area (TPSA) is 85.4 Å². The largest absolute Gasteiger partial charge is 0.493 e. The highest BCUT2D eigenvalue weighted by atomic mass is 16.5. The van der Waals surface area contributed by atoms with Crippen molar-refractivity contribution in [2.24, 2.45) is 0 Å². The van der Waals surface area contributed by atoms with Gasteiger partial charge in [0.05, 0.1) is 19.0 Å². The highest BCUT2D eigenvalue weighted by Gasteiger charge is 2.07. The molecular formula is C20H20N4O3. The van der Waals surface area contributed by atoms with Crippen molar-refractivity contribution in [2.45, 2.75) is 6.54 Å². The van der Waals surface area contributed by atoms with Crippen LogP contribution in [0, 0.1) is 0 Å². The molecule has 1 amide bonds. The van der Waals surface area contributed by atoms with Gasteiger partial charge in [-0.25, -0.2) is 4.98 Å². The van der Waals surface area contributed by atoms with Crippen molar-refractivity contribution in [1.29, 1.82) is 0 Å². The lowest BCUT2D eigenvalue weighted by atomic mass is 10.3. The number of hydrogen-bond donors (Lipinski definition) is 2. The van der Waals surface area contributed by atoms with Gasteiger partial charge in [0.1, 0.15) is 5.82 Å². The fourth-order valence-electron chi connectivity index (χ4n) is 2.35. The van der Waals surface area contributed by atoms with E-state index in [2.05, 4.69) is 20.6 Å². The van der Waals surface area contributed by atoms with Crippen molar-refractivity contribution in [2.75, 3.05) is 24.4 Å². The molecule has 0 radical (unpaired) electrons. The smallest absolute Gasteiger partial charge is 0.262 e. The van der Waals surface area contributed by atoms with Crippen LogP contribution in [0.15, 0.2) is 67.1 Å². The number of methoxy groups -OCH3 is 1. The molecule has 2 N–H and O–H groups in total. The van der Waals surface area contributed by atoms with Crippen LogP contribution < -0.4 is 20.1 Å². The minimum absolute atomic E-state index is 0.124. The lowest BCUT2D eigenvalue weighted by Crippen LogP contribution is -2.20. The van der Waals surface area contributed by atoms with Crippen molar-refractivity contribution >= 4 is 17.4 Å². The van der Waals surface area contributed by atoms with E-state index in [1.807, 2.05) is 24.3 Å². The van der Waals surface area contributed by atoms with Crippen molar-refractivity contribution < 1.29 is 14.3 Å². The predicted octanol–water partition coefficient (Wildman–Crippen LogP) is 3.11. The van der Waals surface area contributed by atoms with Crippen LogP contribution >= 0.6 is 0 Å². The Morgan fingerprint density at radius 2 is 1.89 bits per heavy atom. The number of nitrogens with one attached hydrogen (secondary N) is 2. The third-order valence-corrected chi connectivity index (χ3v) is 3.67. The molecule has 0 atom stereocenters. The minimum Gasteiger partial charge on any atom is -0.493 e. The Morgan fingerprint density at radius 3 is 2.59 bits per heavy atom. The Balaban J connectivity index is 1.48. The van der Waals surface area contributed by atoms with Gasteiger partial charge in [0, 0.05) is 18.9 Å². The molecular weight excluding hydrogens is 344 g/mol. The van der Waals surface area contributed by atoms with Gasteiger partial charge in [-0.2, -0.15) is 0 Å². The number of aromatic nitrogens is 2. The van der Waals surface area contributed by atoms with Gasteiger partial charge >= 0.3 is 0 Å². The molecule has 7 heteroatoms. The number of para-hydroxylation sites is 2. The summed E-state index contributed by atoms with van der Waals surface area (Å²) in [7, 11) is 1.55. The third-order valence-electron chi connectivity index (χ3n) is 3.67. The number of nitrogens with zero attached hydrogens (tertiary/aromatic N) is 2. The molecule has 0 aliphatic heterocycles. The Kier molecular flexibility index (Phi) is 6.19. The van der Waals surface area contributed by atoms with Crippen LogP contribution in [0.25, 0.3) is 0 Å². The molecule has 0 spiro atoms. The fraction of sp³-hybridized carbons (Fsp3) is 0.150. The normalized spacial score (nSPS) is 10.1. The highest BCUT2D eigenvalue weighted by Crippen LogP contribution is 2.25. The van der Waals surface area contributed by atoms with E-state index < -0.39 is 0 Å². The first-order chi connectivity index (χ1) is 13.2. The summed E-state index contributed by atoms with van der Waals surface area (Å²) in [4.78, 5) is 20.4. The lowest BCUT2D eigenvalue weighted by molar-refractivity contribution is -0.118. The van der Waals surface area contributed by atoms with Gasteiger partial charge in [0.2, 0.25) is 0 Å². The quantitative estimate of drug-likeness (QED) is 0.639. The van der Waals surface area contributed by atoms with E-state index in [4.69, 9.17) is 9.47 Å². The van der Waals surface area contributed by atoms with Gasteiger partial charge in [-0.15, -0.1) is 0 Å². The van der Waals surface area contributed by atoms with E-state index in [0.29, 0.717) is 29.5 Å². The van der Waals surface area contributed by atoms with Crippen LogP contribution in [0.4, 0.5) is 11.5 Å². The molecule has 0 saturated heterocycles. The Labute approximate surface area is 157 Å². The van der Waals surface area contributed by atoms with Gasteiger partial charge in [-0.3, -0.25) is 9.78 Å². The predicted molar refractivity (Wildman–Crippen MR) is 103 cm³/mol. The molecule has 0 fully saturated rings. The summed E-state index contributed by atoms with van der Waals surface area (Å²) < 4.78 is 10.7. The number of hydrogen-bond acceptors (Lipinski definition) is 6. The van der Waals surface area contributed by atoms with Crippen LogP contribution in [0.2, 0.25) is 0 Å². The Bertz CT molecular complexity index is 870. The number of pyridine rings is 2. The van der Waals surface area contributed by atoms with Gasteiger partial charge in [-0.1, -0.05) is 18.2 Å². The number of benzene rings is 1. The van der Waals surface area contributed by atoms with Crippen molar-refractivity contribution in [3.05, 3.63) is 72.7 Å². The SMILES string of the molecule is COc1ccccc1OCC(=O)Nc1ccc(NCc2cccnc2)nc1. The Morgan fingerprint density at radius 1 is 1.04 bits per heavy atom. The minimum atomic E-state index is -0.279. The van der Waals surface area contributed by atoms with E-state index in [0.717, 1.165) is 5.56 Å². The summed E-state index contributed by atoms with van der Waals surface area (Å²) in [6.45, 7) is 0.501. The number of ether oxygens (including phenoxy) is 2. The molecule has 0 aliphatic carbocycles. The summed E-state index contributed by atoms with van der Waals surface area (Å²) in [5.41, 5.74) is 1.65. The molecule has 1 aromatic carbocycles. The van der Waals surface area contributed by atoms with Gasteiger partial charge in [-0.05, 0) is 35.9 Å². The average Bonchev–Trinajstić information content (AvgIpc) is 2.72. The van der Waals surface area contributed by atoms with E-state index in [1.165, 1.54) is 0 Å². The molecule has 0 bridgehead atoms. The van der Waals surface area contributed by atoms with Crippen molar-refractivity contribution in [3.8, 4) is 11.5 Å². The van der Waals surface area contributed by atoms with Gasteiger partial charge in [0.25, 0.3) is 5.91 Å². The summed E-state index contributed by atoms with van der Waals surface area (Å²) in [5.74, 6) is 1.53. The fourth-order valence-corrected chi connectivity index (χ4v) is 2.35. The molecule has 7 nitrogen and oxygen atoms in total. The number of amides is 1. The van der Waals surface area contributed by atoms with Gasteiger partial charge in [0.15, 0.2) is 18.1 Å². The molecule has 2 aromatic heterocycles. The van der Waals surface area contributed by atoms with E-state index >= 15 is 0 Å². The maximum atomic E-state index is 12.1. The van der Waals surface area contributed by atoms with Crippen molar-refractivity contribution in [1.82, 2.24) is 9.97 Å². The zero-order valence-electron chi connectivity index (χ0n) is 14.9. The number of carbonyl (C=O) groups excluding carboxylic acids is 1. The van der Waals surface area contributed by atoms with Crippen molar-refractivity contribution in [3.63, 3.8) is 0 Å². The second kappa shape index (κ2) is 9.19. The van der Waals surface area contributed by atoms with E-state index in [9.17, 15) is 4.79 Å². The zero-order chi connectivity index (χ0) is 18.9. The zero-order valence-corrected chi connectivity index (χ0v) is 14.9. The van der Waals surface area contributed by atoms with Crippen LogP contribution in [0.3, 0.4) is 0 Å². The molecule has 0 unspecified atom stereocenters. The highest BCUT2D eigenvalue weighted by molar-refractivity contribution is 5.91. The van der Waals surface area contributed by atoms with Crippen LogP contribution in [0.5, 0.6) is 11.5 Å². The first-order valence-electron chi connectivity index (χ1n) is 8.39. The van der Waals surface area contributed by atoms with Crippen LogP contribution in [0.1, 0.15) is 5.56 Å². The van der Waals surface area contributed by atoms with Gasteiger partial charge < -0.3 is 20.1 Å². The van der Waals surface area contributed by atoms with Crippen LogP contribution in [-0.4, -0.2) is 29.6 Å². The monoisotopic (exact) mass is 364 g/mol. The van der Waals surface area contributed by atoms with E-state index in [-0.39, 0.29) is 12.5 Å². The molecule has 0 saturated carbocycles. The first-order valence-corrected chi connectivity index (χ1v) is 8.39. The summed E-state index contributed by atoms with van der Waals surface area (Å²) in [6, 6.07) is 14.6. The standard InChI is InChI=1S/C20H20N4O3/c1-26-17-6-2-3-7-18(17)27-14-20(25)24-16-8-9-19(23-13-16)22-12-15-5-4-10-21-11-15/h2-11,13H,12,14H2,1H3,(H,22,23)(H,24,25). The number of rotatable bonds is 8. The molecule has 3 rings (SSSR count). The van der Waals surface area contributed by atoms with Crippen LogP contribution in [-0.2, 0) is 11.3 Å². The average molecular weight is 364 g/mol. The molecule has 138 valence electrons. The Hall–Kier alpha value is -3.61. The molecule has 0 aliphatic rings. The molecule has 27 heavy (non-hydrogen) atoms. The molecule has 3 aromatic rings. The second-order valence-electron chi connectivity index (χ2n) is 5.63. The maximum absolute atomic E-state index is 12.1. The first kappa shape index (κ1) is 18.2. The summed E-state index contributed by atoms with van der Waals surface area (Å²) in [5, 5.41) is 5.94. The number of anilines is 2. The number of carbonyl (C=O) groups is 1. The summed E-state index contributed by atoms with van der Waals surface area (Å²) in [6.07, 6.45) is 5.12. The third kappa shape index (κ3) is 5.43. The summed E-state index contributed by atoms with van der Waals surface area (Å²) >= 11 is 0. The second-order valence-corrected chi connectivity index (χ2v) is 5.63.